The Morgan fingerprint density at radius 2 is 2.33 bits per heavy atom. The summed E-state index contributed by atoms with van der Waals surface area (Å²) >= 11 is 5.21. The number of aryl methyl sites for hydroxylation is 1. The molecule has 1 aliphatic carbocycles. The largest absolute Gasteiger partial charge is 0.197 e. The van der Waals surface area contributed by atoms with Crippen molar-refractivity contribution < 1.29 is 0 Å². The molecule has 62 valence electrons. The predicted octanol–water partition coefficient (Wildman–Crippen LogP) is 3.37. The van der Waals surface area contributed by atoms with E-state index >= 15 is 0 Å². The molecule has 1 fully saturated rings. The third-order valence-corrected chi connectivity index (χ3v) is 4.63. The van der Waals surface area contributed by atoms with Crippen LogP contribution in [0.3, 0.4) is 0 Å². The van der Waals surface area contributed by atoms with Crippen molar-refractivity contribution in [3.8, 4) is 6.07 Å². The Kier molecular flexibility index (Phi) is 1.78. The van der Waals surface area contributed by atoms with Crippen molar-refractivity contribution in [2.45, 2.75) is 25.2 Å². The van der Waals surface area contributed by atoms with Gasteiger partial charge in [-0.1, -0.05) is 0 Å². The quantitative estimate of drug-likeness (QED) is 0.740. The van der Waals surface area contributed by atoms with E-state index in [4.69, 9.17) is 5.26 Å². The van der Waals surface area contributed by atoms with Gasteiger partial charge in [-0.05, 0) is 41.8 Å². The number of thiophene rings is 1. The number of hydrogen-bond acceptors (Lipinski definition) is 2. The van der Waals surface area contributed by atoms with E-state index in [0.29, 0.717) is 0 Å². The summed E-state index contributed by atoms with van der Waals surface area (Å²) in [5.74, 6) is 0. The Hall–Kier alpha value is -0.330. The molecule has 1 aliphatic rings. The summed E-state index contributed by atoms with van der Waals surface area (Å²) in [7, 11) is 0. The molecule has 1 aromatic rings. The highest BCUT2D eigenvalue weighted by Gasteiger charge is 2.46. The second-order valence-electron chi connectivity index (χ2n) is 3.21. The molecule has 0 amide bonds. The maximum Gasteiger partial charge on any atom is 0.0916 e. The smallest absolute Gasteiger partial charge is 0.0916 e. The van der Waals surface area contributed by atoms with Crippen LogP contribution in [0.4, 0.5) is 0 Å². The van der Waals surface area contributed by atoms with Crippen LogP contribution in [-0.4, -0.2) is 0 Å². The van der Waals surface area contributed by atoms with Gasteiger partial charge >= 0.3 is 0 Å². The standard InChI is InChI=1S/C9H8BrNS/c1-6-7(10)4-8(12-6)9(5-11)2-3-9/h4H,2-3H2,1H3. The lowest BCUT2D eigenvalue weighted by atomic mass is 10.1. The summed E-state index contributed by atoms with van der Waals surface area (Å²) < 4.78 is 1.14. The summed E-state index contributed by atoms with van der Waals surface area (Å²) in [6.45, 7) is 2.08. The van der Waals surface area contributed by atoms with Crippen LogP contribution in [-0.2, 0) is 5.41 Å². The molecular formula is C9H8BrNS. The number of nitrogens with zero attached hydrogens (tertiary/aromatic N) is 1. The highest BCUT2D eigenvalue weighted by Crippen LogP contribution is 2.51. The maximum atomic E-state index is 8.95. The first-order chi connectivity index (χ1) is 5.68. The Morgan fingerprint density at radius 1 is 1.67 bits per heavy atom. The fourth-order valence-electron chi connectivity index (χ4n) is 1.23. The van der Waals surface area contributed by atoms with E-state index in [1.165, 1.54) is 9.75 Å². The maximum absolute atomic E-state index is 8.95. The van der Waals surface area contributed by atoms with Crippen molar-refractivity contribution in [1.29, 1.82) is 5.26 Å². The molecule has 2 rings (SSSR count). The molecule has 0 atom stereocenters. The molecule has 12 heavy (non-hydrogen) atoms. The van der Waals surface area contributed by atoms with Gasteiger partial charge < -0.3 is 0 Å². The van der Waals surface area contributed by atoms with E-state index in [0.717, 1.165) is 17.3 Å². The fourth-order valence-corrected chi connectivity index (χ4v) is 2.97. The third kappa shape index (κ3) is 1.10. The van der Waals surface area contributed by atoms with E-state index in [1.54, 1.807) is 11.3 Å². The van der Waals surface area contributed by atoms with E-state index in [2.05, 4.69) is 35.0 Å². The minimum absolute atomic E-state index is 0.110. The second kappa shape index (κ2) is 2.58. The number of hydrogen-bond donors (Lipinski definition) is 0. The fraction of sp³-hybridized carbons (Fsp3) is 0.444. The Balaban J connectivity index is 2.43. The zero-order chi connectivity index (χ0) is 8.77. The van der Waals surface area contributed by atoms with Crippen LogP contribution in [0.1, 0.15) is 22.6 Å². The molecule has 0 spiro atoms. The molecule has 0 unspecified atom stereocenters. The summed E-state index contributed by atoms with van der Waals surface area (Å²) in [5.41, 5.74) is -0.110. The molecule has 0 radical (unpaired) electrons. The molecule has 0 bridgehead atoms. The van der Waals surface area contributed by atoms with E-state index in [1.807, 2.05) is 0 Å². The van der Waals surface area contributed by atoms with Crippen molar-refractivity contribution in [1.82, 2.24) is 0 Å². The van der Waals surface area contributed by atoms with E-state index in [9.17, 15) is 0 Å². The average Bonchev–Trinajstić information content (AvgIpc) is 2.77. The number of nitriles is 1. The third-order valence-electron chi connectivity index (χ3n) is 2.29. The topological polar surface area (TPSA) is 23.8 Å². The van der Waals surface area contributed by atoms with Crippen LogP contribution >= 0.6 is 27.3 Å². The summed E-state index contributed by atoms with van der Waals surface area (Å²) in [6.07, 6.45) is 2.08. The Labute approximate surface area is 84.2 Å². The van der Waals surface area contributed by atoms with Crippen molar-refractivity contribution in [2.24, 2.45) is 0 Å². The van der Waals surface area contributed by atoms with Gasteiger partial charge in [0.15, 0.2) is 0 Å². The van der Waals surface area contributed by atoms with Crippen LogP contribution in [0.2, 0.25) is 0 Å². The molecule has 1 aromatic heterocycles. The van der Waals surface area contributed by atoms with Gasteiger partial charge in [0.25, 0.3) is 0 Å². The molecule has 0 aromatic carbocycles. The first-order valence-corrected chi connectivity index (χ1v) is 5.46. The summed E-state index contributed by atoms with van der Waals surface area (Å²) in [4.78, 5) is 2.50. The normalized spacial score (nSPS) is 18.8. The molecule has 0 aliphatic heterocycles. The highest BCUT2D eigenvalue weighted by molar-refractivity contribution is 9.10. The van der Waals surface area contributed by atoms with Gasteiger partial charge in [-0.3, -0.25) is 0 Å². The Bertz CT molecular complexity index is 338. The molecule has 0 saturated heterocycles. The minimum Gasteiger partial charge on any atom is -0.197 e. The lowest BCUT2D eigenvalue weighted by Gasteiger charge is -1.98. The zero-order valence-electron chi connectivity index (χ0n) is 6.72. The van der Waals surface area contributed by atoms with E-state index in [-0.39, 0.29) is 5.41 Å². The van der Waals surface area contributed by atoms with Gasteiger partial charge in [0.1, 0.15) is 0 Å². The lowest BCUT2D eigenvalue weighted by Crippen LogP contribution is -1.97. The molecule has 3 heteroatoms. The summed E-state index contributed by atoms with van der Waals surface area (Å²) in [5, 5.41) is 8.95. The monoisotopic (exact) mass is 241 g/mol. The van der Waals surface area contributed by atoms with Gasteiger partial charge in [-0.25, -0.2) is 0 Å². The van der Waals surface area contributed by atoms with Crippen LogP contribution in [0.15, 0.2) is 10.5 Å². The van der Waals surface area contributed by atoms with Crippen LogP contribution in [0, 0.1) is 18.3 Å². The SMILES string of the molecule is Cc1sc(C2(C#N)CC2)cc1Br. The summed E-state index contributed by atoms with van der Waals surface area (Å²) in [6, 6.07) is 4.49. The molecule has 1 saturated carbocycles. The van der Waals surface area contributed by atoms with Gasteiger partial charge in [0, 0.05) is 14.2 Å². The average molecular weight is 242 g/mol. The van der Waals surface area contributed by atoms with Crippen molar-refractivity contribution in [2.75, 3.05) is 0 Å². The number of rotatable bonds is 1. The van der Waals surface area contributed by atoms with E-state index < -0.39 is 0 Å². The first kappa shape index (κ1) is 8.28. The van der Waals surface area contributed by atoms with Gasteiger partial charge in [-0.15, -0.1) is 11.3 Å². The molecule has 1 heterocycles. The molecule has 1 nitrogen and oxygen atoms in total. The van der Waals surface area contributed by atoms with Gasteiger partial charge in [0.2, 0.25) is 0 Å². The lowest BCUT2D eigenvalue weighted by molar-refractivity contribution is 0.936. The predicted molar refractivity (Wildman–Crippen MR) is 53.3 cm³/mol. The van der Waals surface area contributed by atoms with Crippen molar-refractivity contribution in [3.63, 3.8) is 0 Å². The number of halogens is 1. The minimum atomic E-state index is -0.110. The van der Waals surface area contributed by atoms with Gasteiger partial charge in [0.05, 0.1) is 11.5 Å². The second-order valence-corrected chi connectivity index (χ2v) is 5.32. The molecular weight excluding hydrogens is 234 g/mol. The Morgan fingerprint density at radius 3 is 2.67 bits per heavy atom. The van der Waals surface area contributed by atoms with Crippen molar-refractivity contribution >= 4 is 27.3 Å². The molecule has 0 N–H and O–H groups in total. The van der Waals surface area contributed by atoms with Gasteiger partial charge in [-0.2, -0.15) is 5.26 Å². The highest BCUT2D eigenvalue weighted by atomic mass is 79.9. The van der Waals surface area contributed by atoms with Crippen molar-refractivity contribution in [3.05, 3.63) is 20.3 Å². The van der Waals surface area contributed by atoms with Crippen LogP contribution in [0.5, 0.6) is 0 Å². The van der Waals surface area contributed by atoms with Crippen LogP contribution in [0.25, 0.3) is 0 Å². The van der Waals surface area contributed by atoms with Crippen LogP contribution < -0.4 is 0 Å². The first-order valence-electron chi connectivity index (χ1n) is 3.86. The zero-order valence-corrected chi connectivity index (χ0v) is 9.13.